The van der Waals surface area contributed by atoms with E-state index >= 15 is 0 Å². The smallest absolute Gasteiger partial charge is 0.184 e. The van der Waals surface area contributed by atoms with Gasteiger partial charge in [0, 0.05) is 0 Å². The first-order valence-electron chi connectivity index (χ1n) is 4.98. The Bertz CT molecular complexity index is 418. The molecule has 0 radical (unpaired) electrons. The minimum absolute atomic E-state index is 0.0539. The highest BCUT2D eigenvalue weighted by molar-refractivity contribution is 5.81. The molecule has 3 nitrogen and oxygen atoms in total. The highest BCUT2D eigenvalue weighted by atomic mass is 16.5. The third kappa shape index (κ3) is 3.58. The van der Waals surface area contributed by atoms with Gasteiger partial charge in [-0.2, -0.15) is 5.26 Å². The first-order valence-corrected chi connectivity index (χ1v) is 4.98. The number of nitrogens with zero attached hydrogens (tertiary/aromatic N) is 1. The van der Waals surface area contributed by atoms with Crippen LogP contribution in [-0.2, 0) is 11.2 Å². The lowest BCUT2D eigenvalue weighted by molar-refractivity contribution is -0.120. The molecule has 82 valence electrons. The largest absolute Gasteiger partial charge is 0.486 e. The van der Waals surface area contributed by atoms with Crippen molar-refractivity contribution in [2.24, 2.45) is 0 Å². The van der Waals surface area contributed by atoms with Gasteiger partial charge in [0.05, 0.1) is 12.5 Å². The molecular weight excluding hydrogens is 202 g/mol. The highest BCUT2D eigenvalue weighted by Crippen LogP contribution is 2.18. The van der Waals surface area contributed by atoms with E-state index in [1.54, 1.807) is 18.2 Å². The van der Waals surface area contributed by atoms with E-state index in [2.05, 4.69) is 6.58 Å². The number of benzene rings is 1. The molecule has 1 aromatic carbocycles. The Morgan fingerprint density at radius 1 is 1.50 bits per heavy atom. The Morgan fingerprint density at radius 3 is 2.94 bits per heavy atom. The van der Waals surface area contributed by atoms with Crippen molar-refractivity contribution in [3.05, 3.63) is 42.5 Å². The summed E-state index contributed by atoms with van der Waals surface area (Å²) in [6.07, 6.45) is 2.37. The first-order chi connectivity index (χ1) is 7.77. The summed E-state index contributed by atoms with van der Waals surface area (Å²) in [5.74, 6) is 0.463. The number of rotatable bonds is 6. The van der Waals surface area contributed by atoms with Crippen LogP contribution in [0.2, 0.25) is 0 Å². The fraction of sp³-hybridized carbons (Fsp3) is 0.231. The van der Waals surface area contributed by atoms with Gasteiger partial charge in [0.2, 0.25) is 0 Å². The van der Waals surface area contributed by atoms with Crippen molar-refractivity contribution < 1.29 is 9.53 Å². The summed E-state index contributed by atoms with van der Waals surface area (Å²) in [6.45, 7) is 3.60. The highest BCUT2D eigenvalue weighted by Gasteiger charge is 2.05. The second kappa shape index (κ2) is 6.41. The van der Waals surface area contributed by atoms with Crippen molar-refractivity contribution in [3.8, 4) is 11.8 Å². The molecule has 0 aliphatic rings. The van der Waals surface area contributed by atoms with Crippen LogP contribution < -0.4 is 4.74 Å². The van der Waals surface area contributed by atoms with E-state index in [-0.39, 0.29) is 18.8 Å². The molecule has 0 saturated heterocycles. The van der Waals surface area contributed by atoms with Gasteiger partial charge < -0.3 is 4.74 Å². The number of Topliss-reactive ketones (excluding diaryl/α,β-unsaturated/α-hetero) is 1. The molecule has 1 rings (SSSR count). The lowest BCUT2D eigenvalue weighted by Crippen LogP contribution is -2.11. The predicted molar refractivity (Wildman–Crippen MR) is 61.1 cm³/mol. The number of hydrogen-bond acceptors (Lipinski definition) is 3. The van der Waals surface area contributed by atoms with E-state index in [4.69, 9.17) is 10.00 Å². The summed E-state index contributed by atoms with van der Waals surface area (Å²) in [7, 11) is 0. The van der Waals surface area contributed by atoms with E-state index in [1.165, 1.54) is 0 Å². The number of hydrogen-bond donors (Lipinski definition) is 0. The van der Waals surface area contributed by atoms with Crippen molar-refractivity contribution in [3.63, 3.8) is 0 Å². The van der Waals surface area contributed by atoms with Gasteiger partial charge in [-0.3, -0.25) is 4.79 Å². The van der Waals surface area contributed by atoms with Crippen molar-refractivity contribution in [1.82, 2.24) is 0 Å². The molecule has 16 heavy (non-hydrogen) atoms. The molecule has 0 fully saturated rings. The minimum Gasteiger partial charge on any atom is -0.486 e. The van der Waals surface area contributed by atoms with Crippen LogP contribution in [0.15, 0.2) is 36.9 Å². The van der Waals surface area contributed by atoms with Gasteiger partial charge in [-0.1, -0.05) is 24.3 Å². The second-order valence-corrected chi connectivity index (χ2v) is 3.26. The molecule has 0 unspecified atom stereocenters. The maximum atomic E-state index is 11.1. The molecule has 3 heteroatoms. The lowest BCUT2D eigenvalue weighted by Gasteiger charge is -2.08. The van der Waals surface area contributed by atoms with Crippen LogP contribution in [0.1, 0.15) is 12.0 Å². The van der Waals surface area contributed by atoms with Crippen LogP contribution >= 0.6 is 0 Å². The summed E-state index contributed by atoms with van der Waals surface area (Å²) in [5.41, 5.74) is 0.988. The Labute approximate surface area is 95.0 Å². The molecule has 0 N–H and O–H groups in total. The third-order valence-electron chi connectivity index (χ3n) is 2.00. The third-order valence-corrected chi connectivity index (χ3v) is 2.00. The molecule has 0 heterocycles. The Morgan fingerprint density at radius 2 is 2.25 bits per heavy atom. The van der Waals surface area contributed by atoms with Crippen LogP contribution in [-0.4, -0.2) is 12.4 Å². The topological polar surface area (TPSA) is 50.1 Å². The van der Waals surface area contributed by atoms with E-state index in [1.807, 2.05) is 18.2 Å². The van der Waals surface area contributed by atoms with Crippen LogP contribution in [0.5, 0.6) is 5.75 Å². The lowest BCUT2D eigenvalue weighted by atomic mass is 10.1. The monoisotopic (exact) mass is 215 g/mol. The zero-order valence-electron chi connectivity index (χ0n) is 8.98. The van der Waals surface area contributed by atoms with Crippen LogP contribution in [0, 0.1) is 11.3 Å². The quantitative estimate of drug-likeness (QED) is 0.684. The molecular formula is C13H13NO2. The minimum atomic E-state index is -0.212. The average molecular weight is 215 g/mol. The Hall–Kier alpha value is -2.08. The van der Waals surface area contributed by atoms with Gasteiger partial charge in [0.15, 0.2) is 5.78 Å². The molecule has 0 saturated carbocycles. The first kappa shape index (κ1) is 12.0. The second-order valence-electron chi connectivity index (χ2n) is 3.26. The number of ether oxygens (including phenoxy) is 1. The summed E-state index contributed by atoms with van der Waals surface area (Å²) < 4.78 is 5.36. The summed E-state index contributed by atoms with van der Waals surface area (Å²) in [6, 6.07) is 9.27. The molecule has 0 spiro atoms. The van der Waals surface area contributed by atoms with E-state index in [9.17, 15) is 4.79 Å². The fourth-order valence-electron chi connectivity index (χ4n) is 1.27. The predicted octanol–water partition coefficient (Wildman–Crippen LogP) is 2.28. The zero-order chi connectivity index (χ0) is 11.8. The van der Waals surface area contributed by atoms with Gasteiger partial charge in [-0.05, 0) is 18.1 Å². The summed E-state index contributed by atoms with van der Waals surface area (Å²) >= 11 is 0. The van der Waals surface area contributed by atoms with Gasteiger partial charge >= 0.3 is 0 Å². The molecule has 1 aromatic rings. The van der Waals surface area contributed by atoms with Crippen LogP contribution in [0.4, 0.5) is 0 Å². The number of nitriles is 1. The van der Waals surface area contributed by atoms with Gasteiger partial charge in [-0.25, -0.2) is 0 Å². The Balaban J connectivity index is 2.62. The molecule has 0 aromatic heterocycles. The Kier molecular flexibility index (Phi) is 4.81. The normalized spacial score (nSPS) is 9.19. The van der Waals surface area contributed by atoms with Gasteiger partial charge in [-0.15, -0.1) is 6.58 Å². The number of allylic oxidation sites excluding steroid dienone is 1. The van der Waals surface area contributed by atoms with Gasteiger partial charge in [0.25, 0.3) is 0 Å². The van der Waals surface area contributed by atoms with Crippen molar-refractivity contribution >= 4 is 5.78 Å². The zero-order valence-corrected chi connectivity index (χ0v) is 8.98. The fourth-order valence-corrected chi connectivity index (χ4v) is 1.27. The molecule has 0 aliphatic carbocycles. The molecule has 0 aliphatic heterocycles. The van der Waals surface area contributed by atoms with Crippen molar-refractivity contribution in [1.29, 1.82) is 5.26 Å². The van der Waals surface area contributed by atoms with Gasteiger partial charge in [0.1, 0.15) is 12.4 Å². The van der Waals surface area contributed by atoms with E-state index in [0.29, 0.717) is 12.2 Å². The number of para-hydroxylation sites is 1. The summed E-state index contributed by atoms with van der Waals surface area (Å²) in [4.78, 5) is 11.1. The number of carbonyl (C=O) groups excluding carboxylic acids is 1. The van der Waals surface area contributed by atoms with E-state index in [0.717, 1.165) is 5.56 Å². The number of carbonyl (C=O) groups is 1. The SMILES string of the molecule is C=CCc1ccccc1OCC(=O)CC#N. The average Bonchev–Trinajstić information content (AvgIpc) is 2.29. The number of ketones is 1. The van der Waals surface area contributed by atoms with E-state index < -0.39 is 0 Å². The molecule has 0 bridgehead atoms. The van der Waals surface area contributed by atoms with Crippen molar-refractivity contribution in [2.45, 2.75) is 12.8 Å². The van der Waals surface area contributed by atoms with Crippen LogP contribution in [0.25, 0.3) is 0 Å². The maximum Gasteiger partial charge on any atom is 0.184 e. The summed E-state index contributed by atoms with van der Waals surface area (Å²) in [5, 5.41) is 8.33. The maximum absolute atomic E-state index is 11.1. The van der Waals surface area contributed by atoms with Crippen molar-refractivity contribution in [2.75, 3.05) is 6.61 Å². The standard InChI is InChI=1S/C13H13NO2/c1-2-5-11-6-3-4-7-13(11)16-10-12(15)8-9-14/h2-4,6-7H,1,5,8,10H2. The van der Waals surface area contributed by atoms with Crippen LogP contribution in [0.3, 0.4) is 0 Å². The molecule has 0 atom stereocenters. The molecule has 0 amide bonds.